The van der Waals surface area contributed by atoms with Crippen LogP contribution in [0.3, 0.4) is 0 Å². The molecule has 2 rings (SSSR count). The largest absolute Gasteiger partial charge is 0.465 e. The normalized spacial score (nSPS) is 10.3. The van der Waals surface area contributed by atoms with Crippen molar-refractivity contribution >= 4 is 50.1 Å². The summed E-state index contributed by atoms with van der Waals surface area (Å²) in [6.07, 6.45) is 1.47. The van der Waals surface area contributed by atoms with Gasteiger partial charge < -0.3 is 19.4 Å². The van der Waals surface area contributed by atoms with Gasteiger partial charge in [0.05, 0.1) is 19.8 Å². The van der Waals surface area contributed by atoms with Crippen LogP contribution in [-0.4, -0.2) is 36.6 Å². The number of pyridine rings is 1. The molecule has 10 heteroatoms. The van der Waals surface area contributed by atoms with Gasteiger partial charge in [-0.3, -0.25) is 9.59 Å². The molecule has 0 bridgehead atoms. The summed E-state index contributed by atoms with van der Waals surface area (Å²) in [5.74, 6) is -1.85. The van der Waals surface area contributed by atoms with Crippen LogP contribution >= 0.6 is 27.3 Å². The Morgan fingerprint density at radius 1 is 1.19 bits per heavy atom. The Kier molecular flexibility index (Phi) is 6.32. The molecule has 0 aromatic carbocycles. The van der Waals surface area contributed by atoms with Gasteiger partial charge in [0, 0.05) is 16.7 Å². The van der Waals surface area contributed by atoms with Crippen LogP contribution < -0.4 is 10.9 Å². The first-order chi connectivity index (χ1) is 12.3. The molecule has 0 aliphatic carbocycles. The summed E-state index contributed by atoms with van der Waals surface area (Å²) in [6.45, 7) is 1.30. The lowest BCUT2D eigenvalue weighted by Crippen LogP contribution is -2.27. The fraction of sp³-hybridized carbons (Fsp3) is 0.250. The van der Waals surface area contributed by atoms with Gasteiger partial charge in [-0.25, -0.2) is 9.59 Å². The highest BCUT2D eigenvalue weighted by molar-refractivity contribution is 9.10. The molecular weight excluding hydrogens is 428 g/mol. The molecule has 2 heterocycles. The quantitative estimate of drug-likeness (QED) is 0.711. The number of carbonyl (C=O) groups is 3. The molecule has 0 aliphatic rings. The van der Waals surface area contributed by atoms with Crippen molar-refractivity contribution in [1.82, 2.24) is 4.57 Å². The van der Waals surface area contributed by atoms with Crippen molar-refractivity contribution in [2.24, 2.45) is 0 Å². The number of thiophene rings is 1. The number of amides is 1. The van der Waals surface area contributed by atoms with Crippen LogP contribution in [0, 0.1) is 6.92 Å². The molecule has 138 valence electrons. The summed E-state index contributed by atoms with van der Waals surface area (Å²) >= 11 is 4.13. The summed E-state index contributed by atoms with van der Waals surface area (Å²) in [4.78, 5) is 48.2. The molecule has 0 spiro atoms. The molecule has 0 fully saturated rings. The smallest absolute Gasteiger partial charge is 0.348 e. The van der Waals surface area contributed by atoms with Crippen LogP contribution in [0.4, 0.5) is 5.00 Å². The first-order valence-corrected chi connectivity index (χ1v) is 8.85. The number of hydrogen-bond donors (Lipinski definition) is 1. The number of aromatic nitrogens is 1. The molecule has 2 aromatic heterocycles. The number of esters is 2. The number of nitrogens with one attached hydrogen (secondary N) is 1. The first-order valence-electron chi connectivity index (χ1n) is 7.24. The average molecular weight is 443 g/mol. The maximum Gasteiger partial charge on any atom is 0.348 e. The monoisotopic (exact) mass is 442 g/mol. The highest BCUT2D eigenvalue weighted by Gasteiger charge is 2.26. The van der Waals surface area contributed by atoms with Gasteiger partial charge in [-0.2, -0.15) is 0 Å². The van der Waals surface area contributed by atoms with E-state index in [9.17, 15) is 19.2 Å². The molecule has 0 radical (unpaired) electrons. The van der Waals surface area contributed by atoms with Crippen molar-refractivity contribution in [2.75, 3.05) is 19.5 Å². The summed E-state index contributed by atoms with van der Waals surface area (Å²) in [5.41, 5.74) is 0.0746. The third kappa shape index (κ3) is 4.20. The highest BCUT2D eigenvalue weighted by atomic mass is 79.9. The van der Waals surface area contributed by atoms with Crippen LogP contribution in [-0.2, 0) is 20.8 Å². The van der Waals surface area contributed by atoms with E-state index in [1.165, 1.54) is 31.0 Å². The zero-order chi connectivity index (χ0) is 19.4. The minimum Gasteiger partial charge on any atom is -0.465 e. The molecule has 0 aliphatic heterocycles. The predicted molar refractivity (Wildman–Crippen MR) is 98.8 cm³/mol. The SMILES string of the molecule is COC(=O)c1sc(NC(=O)Cn2cc(Br)ccc2=O)c(C(=O)OC)c1C. The third-order valence-electron chi connectivity index (χ3n) is 3.42. The number of ether oxygens (including phenoxy) is 2. The van der Waals surface area contributed by atoms with Crippen LogP contribution in [0.15, 0.2) is 27.6 Å². The van der Waals surface area contributed by atoms with Gasteiger partial charge in [0.1, 0.15) is 16.4 Å². The minimum absolute atomic E-state index is 0.0767. The second-order valence-electron chi connectivity index (χ2n) is 5.11. The Bertz CT molecular complexity index is 933. The molecule has 0 unspecified atom stereocenters. The van der Waals surface area contributed by atoms with E-state index in [2.05, 4.69) is 26.0 Å². The predicted octanol–water partition coefficient (Wildman–Crippen LogP) is 2.19. The van der Waals surface area contributed by atoms with Gasteiger partial charge in [0.15, 0.2) is 0 Å². The number of halogens is 1. The standard InChI is InChI=1S/C16H15BrN2O6S/c1-8-12(15(22)24-2)14(26-13(8)16(23)25-3)18-10(20)7-19-6-9(17)4-5-11(19)21/h4-6H,7H2,1-3H3,(H,18,20). The van der Waals surface area contributed by atoms with E-state index in [4.69, 9.17) is 4.74 Å². The fourth-order valence-electron chi connectivity index (χ4n) is 2.18. The number of carbonyl (C=O) groups excluding carboxylic acids is 3. The number of nitrogens with zero attached hydrogens (tertiary/aromatic N) is 1. The Labute approximate surface area is 160 Å². The van der Waals surface area contributed by atoms with Crippen molar-refractivity contribution in [3.63, 3.8) is 0 Å². The van der Waals surface area contributed by atoms with Crippen molar-refractivity contribution in [3.8, 4) is 0 Å². The Hall–Kier alpha value is -2.46. The molecule has 0 atom stereocenters. The highest BCUT2D eigenvalue weighted by Crippen LogP contribution is 2.34. The lowest BCUT2D eigenvalue weighted by molar-refractivity contribution is -0.116. The summed E-state index contributed by atoms with van der Waals surface area (Å²) in [7, 11) is 2.42. The van der Waals surface area contributed by atoms with Crippen LogP contribution in [0.2, 0.25) is 0 Å². The minimum atomic E-state index is -0.691. The molecule has 26 heavy (non-hydrogen) atoms. The van der Waals surface area contributed by atoms with E-state index >= 15 is 0 Å². The van der Waals surface area contributed by atoms with Crippen molar-refractivity contribution < 1.29 is 23.9 Å². The second-order valence-corrected chi connectivity index (χ2v) is 7.04. The zero-order valence-corrected chi connectivity index (χ0v) is 16.5. The maximum atomic E-state index is 12.3. The Morgan fingerprint density at radius 2 is 1.85 bits per heavy atom. The van der Waals surface area contributed by atoms with Crippen molar-refractivity contribution in [3.05, 3.63) is 49.2 Å². The first kappa shape index (κ1) is 19.9. The lowest BCUT2D eigenvalue weighted by Gasteiger charge is -2.08. The number of rotatable bonds is 5. The maximum absolute atomic E-state index is 12.3. The van der Waals surface area contributed by atoms with Gasteiger partial charge >= 0.3 is 11.9 Å². The van der Waals surface area contributed by atoms with Crippen LogP contribution in [0.1, 0.15) is 25.6 Å². The Balaban J connectivity index is 2.34. The molecular formula is C16H15BrN2O6S. The van der Waals surface area contributed by atoms with E-state index in [0.29, 0.717) is 10.0 Å². The average Bonchev–Trinajstić information content (AvgIpc) is 2.92. The molecule has 8 nitrogen and oxygen atoms in total. The summed E-state index contributed by atoms with van der Waals surface area (Å²) < 4.78 is 11.3. The lowest BCUT2D eigenvalue weighted by atomic mass is 10.1. The number of methoxy groups -OCH3 is 2. The topological polar surface area (TPSA) is 104 Å². The van der Waals surface area contributed by atoms with Gasteiger partial charge in [-0.05, 0) is 34.5 Å². The van der Waals surface area contributed by atoms with Crippen molar-refractivity contribution in [2.45, 2.75) is 13.5 Å². The molecule has 2 aromatic rings. The molecule has 1 N–H and O–H groups in total. The Morgan fingerprint density at radius 3 is 2.46 bits per heavy atom. The number of hydrogen-bond acceptors (Lipinski definition) is 7. The summed E-state index contributed by atoms with van der Waals surface area (Å²) in [5, 5.41) is 2.71. The van der Waals surface area contributed by atoms with Gasteiger partial charge in [-0.1, -0.05) is 0 Å². The van der Waals surface area contributed by atoms with E-state index in [1.807, 2.05) is 0 Å². The fourth-order valence-corrected chi connectivity index (χ4v) is 3.69. The van der Waals surface area contributed by atoms with E-state index in [0.717, 1.165) is 11.3 Å². The summed E-state index contributed by atoms with van der Waals surface area (Å²) in [6, 6.07) is 2.89. The van der Waals surface area contributed by atoms with E-state index in [1.54, 1.807) is 13.0 Å². The second kappa shape index (κ2) is 8.28. The molecule has 1 amide bonds. The molecule has 0 saturated heterocycles. The van der Waals surface area contributed by atoms with Gasteiger partial charge in [-0.15, -0.1) is 11.3 Å². The van der Waals surface area contributed by atoms with Crippen molar-refractivity contribution in [1.29, 1.82) is 0 Å². The third-order valence-corrected chi connectivity index (χ3v) is 5.08. The van der Waals surface area contributed by atoms with E-state index in [-0.39, 0.29) is 27.5 Å². The number of anilines is 1. The van der Waals surface area contributed by atoms with Gasteiger partial charge in [0.2, 0.25) is 5.91 Å². The molecule has 0 saturated carbocycles. The zero-order valence-electron chi connectivity index (χ0n) is 14.1. The van der Waals surface area contributed by atoms with E-state index < -0.39 is 17.8 Å². The van der Waals surface area contributed by atoms with Crippen LogP contribution in [0.25, 0.3) is 0 Å². The van der Waals surface area contributed by atoms with Gasteiger partial charge in [0.25, 0.3) is 5.56 Å². The van der Waals surface area contributed by atoms with Crippen LogP contribution in [0.5, 0.6) is 0 Å².